The van der Waals surface area contributed by atoms with E-state index in [1.807, 2.05) is 18.2 Å². The quantitative estimate of drug-likeness (QED) is 0.697. The van der Waals surface area contributed by atoms with Gasteiger partial charge in [-0.2, -0.15) is 0 Å². The molecule has 1 aromatic carbocycles. The maximum Gasteiger partial charge on any atom is 0.335 e. The number of rotatable bonds is 0. The van der Waals surface area contributed by atoms with Crippen molar-refractivity contribution in [3.05, 3.63) is 47.2 Å². The van der Waals surface area contributed by atoms with Gasteiger partial charge in [0.1, 0.15) is 11.4 Å². The Bertz CT molecular complexity index is 504. The van der Waals surface area contributed by atoms with Crippen LogP contribution in [-0.4, -0.2) is 11.1 Å². The minimum Gasteiger partial charge on any atom is -0.512 e. The lowest BCUT2D eigenvalue weighted by molar-refractivity contribution is -0.160. The summed E-state index contributed by atoms with van der Waals surface area (Å²) < 4.78 is 5.54. The van der Waals surface area contributed by atoms with Crippen LogP contribution < -0.4 is 0 Å². The average Bonchev–Trinajstić information content (AvgIpc) is 2.28. The fourth-order valence-electron chi connectivity index (χ4n) is 2.91. The first-order valence-electron chi connectivity index (χ1n) is 5.90. The third kappa shape index (κ3) is 1.62. The molecule has 1 aliphatic carbocycles. The molecule has 0 fully saturated rings. The molecule has 3 heteroatoms. The van der Waals surface area contributed by atoms with Crippen molar-refractivity contribution in [2.24, 2.45) is 0 Å². The van der Waals surface area contributed by atoms with Crippen molar-refractivity contribution in [2.45, 2.75) is 31.3 Å². The fraction of sp³-hybridized carbons (Fsp3) is 0.357. The molecule has 0 saturated carbocycles. The first-order valence-corrected chi connectivity index (χ1v) is 5.90. The molecule has 0 amide bonds. The van der Waals surface area contributed by atoms with E-state index >= 15 is 0 Å². The summed E-state index contributed by atoms with van der Waals surface area (Å²) in [6.45, 7) is 0. The molecule has 88 valence electrons. The molecule has 0 bridgehead atoms. The molecule has 0 radical (unpaired) electrons. The number of aliphatic hydroxyl groups is 1. The van der Waals surface area contributed by atoms with Crippen molar-refractivity contribution < 1.29 is 14.6 Å². The number of aliphatic hydroxyl groups excluding tert-OH is 1. The number of benzene rings is 1. The van der Waals surface area contributed by atoms with E-state index in [2.05, 4.69) is 6.07 Å². The second-order valence-corrected chi connectivity index (χ2v) is 4.74. The zero-order valence-electron chi connectivity index (χ0n) is 9.48. The number of carbonyl (C=O) groups is 1. The molecule has 0 aromatic heterocycles. The van der Waals surface area contributed by atoms with Crippen LogP contribution in [0, 0.1) is 0 Å². The van der Waals surface area contributed by atoms with E-state index in [1.54, 1.807) is 0 Å². The predicted octanol–water partition coefficient (Wildman–Crippen LogP) is 2.61. The highest BCUT2D eigenvalue weighted by molar-refractivity contribution is 5.84. The number of ether oxygens (including phenoxy) is 1. The molecule has 1 atom stereocenters. The van der Waals surface area contributed by atoms with Crippen LogP contribution in [0.4, 0.5) is 0 Å². The van der Waals surface area contributed by atoms with Crippen LogP contribution in [0.2, 0.25) is 0 Å². The minimum atomic E-state index is -0.634. The smallest absolute Gasteiger partial charge is 0.335 e. The molecule has 3 nitrogen and oxygen atoms in total. The Hall–Kier alpha value is -1.77. The maximum absolute atomic E-state index is 11.5. The highest BCUT2D eigenvalue weighted by Crippen LogP contribution is 2.44. The second kappa shape index (κ2) is 3.62. The molecule has 0 saturated heterocycles. The lowest BCUT2D eigenvalue weighted by Crippen LogP contribution is -2.38. The molecule has 1 aliphatic heterocycles. The summed E-state index contributed by atoms with van der Waals surface area (Å²) in [6, 6.07) is 8.02. The largest absolute Gasteiger partial charge is 0.512 e. The Morgan fingerprint density at radius 2 is 2.12 bits per heavy atom. The van der Waals surface area contributed by atoms with Gasteiger partial charge in [-0.25, -0.2) is 4.79 Å². The summed E-state index contributed by atoms with van der Waals surface area (Å²) in [5, 5.41) is 9.68. The summed E-state index contributed by atoms with van der Waals surface area (Å²) >= 11 is 0. The topological polar surface area (TPSA) is 46.5 Å². The van der Waals surface area contributed by atoms with Crippen molar-refractivity contribution in [1.29, 1.82) is 0 Å². The van der Waals surface area contributed by atoms with Crippen molar-refractivity contribution in [3.63, 3.8) is 0 Å². The average molecular weight is 230 g/mol. The summed E-state index contributed by atoms with van der Waals surface area (Å²) in [6.07, 6.45) is 4.35. The first-order chi connectivity index (χ1) is 8.20. The monoisotopic (exact) mass is 230 g/mol. The van der Waals surface area contributed by atoms with E-state index in [0.29, 0.717) is 6.42 Å². The summed E-state index contributed by atoms with van der Waals surface area (Å²) in [7, 11) is 0. The number of hydrogen-bond acceptors (Lipinski definition) is 3. The van der Waals surface area contributed by atoms with E-state index < -0.39 is 11.6 Å². The van der Waals surface area contributed by atoms with Crippen molar-refractivity contribution in [2.75, 3.05) is 0 Å². The highest BCUT2D eigenvalue weighted by atomic mass is 16.6. The molecule has 0 unspecified atom stereocenters. The Kier molecular flexibility index (Phi) is 2.21. The van der Waals surface area contributed by atoms with Gasteiger partial charge >= 0.3 is 5.97 Å². The molecule has 1 heterocycles. The van der Waals surface area contributed by atoms with E-state index in [9.17, 15) is 9.90 Å². The molecule has 1 N–H and O–H groups in total. The molecule has 2 aliphatic rings. The lowest BCUT2D eigenvalue weighted by atomic mass is 9.76. The van der Waals surface area contributed by atoms with Crippen molar-refractivity contribution in [1.82, 2.24) is 0 Å². The van der Waals surface area contributed by atoms with Crippen LogP contribution >= 0.6 is 0 Å². The Balaban J connectivity index is 2.10. The first kappa shape index (κ1) is 10.4. The third-order valence-electron chi connectivity index (χ3n) is 3.58. The molecular weight excluding hydrogens is 216 g/mol. The van der Waals surface area contributed by atoms with E-state index in [4.69, 9.17) is 4.74 Å². The fourth-order valence-corrected chi connectivity index (χ4v) is 2.91. The summed E-state index contributed by atoms with van der Waals surface area (Å²) in [4.78, 5) is 11.5. The Labute approximate surface area is 99.7 Å². The van der Waals surface area contributed by atoms with Crippen LogP contribution in [0.15, 0.2) is 36.1 Å². The van der Waals surface area contributed by atoms with Gasteiger partial charge in [0.05, 0.1) is 6.08 Å². The standard InChI is InChI=1S/C14H14O3/c15-11-8-13(16)17-14(9-11)7-3-5-10-4-1-2-6-12(10)14/h1-2,4,6,8,15H,3,5,7,9H2/t14-/m1/s1. The van der Waals surface area contributed by atoms with E-state index in [1.165, 1.54) is 11.6 Å². The van der Waals surface area contributed by atoms with Crippen LogP contribution in [0.3, 0.4) is 0 Å². The summed E-state index contributed by atoms with van der Waals surface area (Å²) in [5.41, 5.74) is 1.64. The highest BCUT2D eigenvalue weighted by Gasteiger charge is 2.42. The van der Waals surface area contributed by atoms with Gasteiger partial charge in [-0.3, -0.25) is 0 Å². The van der Waals surface area contributed by atoms with Crippen LogP contribution in [-0.2, 0) is 21.6 Å². The van der Waals surface area contributed by atoms with Gasteiger partial charge in [0.15, 0.2) is 0 Å². The van der Waals surface area contributed by atoms with Gasteiger partial charge in [0.2, 0.25) is 0 Å². The zero-order valence-corrected chi connectivity index (χ0v) is 9.48. The van der Waals surface area contributed by atoms with Gasteiger partial charge in [0.25, 0.3) is 0 Å². The number of esters is 1. The van der Waals surface area contributed by atoms with Crippen LogP contribution in [0.1, 0.15) is 30.4 Å². The number of aryl methyl sites for hydroxylation is 1. The third-order valence-corrected chi connectivity index (χ3v) is 3.58. The Morgan fingerprint density at radius 1 is 1.29 bits per heavy atom. The SMILES string of the molecule is O=C1C=C(O)C[C@@]2(CCCc3ccccc32)O1. The summed E-state index contributed by atoms with van der Waals surface area (Å²) in [5.74, 6) is -0.316. The second-order valence-electron chi connectivity index (χ2n) is 4.74. The number of carbonyl (C=O) groups excluding carboxylic acids is 1. The van der Waals surface area contributed by atoms with Gasteiger partial charge in [-0.15, -0.1) is 0 Å². The van der Waals surface area contributed by atoms with Gasteiger partial charge in [-0.05, 0) is 30.4 Å². The normalized spacial score (nSPS) is 27.3. The van der Waals surface area contributed by atoms with Gasteiger partial charge in [0, 0.05) is 6.42 Å². The zero-order chi connectivity index (χ0) is 11.9. The maximum atomic E-state index is 11.5. The predicted molar refractivity (Wildman–Crippen MR) is 62.5 cm³/mol. The van der Waals surface area contributed by atoms with Crippen LogP contribution in [0.25, 0.3) is 0 Å². The van der Waals surface area contributed by atoms with Crippen molar-refractivity contribution in [3.8, 4) is 0 Å². The van der Waals surface area contributed by atoms with Crippen LogP contribution in [0.5, 0.6) is 0 Å². The molecule has 3 rings (SSSR count). The van der Waals surface area contributed by atoms with Gasteiger partial charge < -0.3 is 9.84 Å². The number of fused-ring (bicyclic) bond motifs is 2. The van der Waals surface area contributed by atoms with Crippen molar-refractivity contribution >= 4 is 5.97 Å². The Morgan fingerprint density at radius 3 is 2.94 bits per heavy atom. The molecular formula is C14H14O3. The van der Waals surface area contributed by atoms with E-state index in [-0.39, 0.29) is 5.76 Å². The van der Waals surface area contributed by atoms with Gasteiger partial charge in [-0.1, -0.05) is 24.3 Å². The van der Waals surface area contributed by atoms with E-state index in [0.717, 1.165) is 24.8 Å². The molecule has 17 heavy (non-hydrogen) atoms. The minimum absolute atomic E-state index is 0.123. The number of hydrogen-bond donors (Lipinski definition) is 1. The lowest BCUT2D eigenvalue weighted by Gasteiger charge is -2.39. The molecule has 1 spiro atoms. The molecule has 1 aromatic rings.